The molecule has 0 saturated carbocycles. The third-order valence-electron chi connectivity index (χ3n) is 1.96. The SMILES string of the molecule is CC(C(=O)O)=C(c1ccccc1)S(=O)(=O)O. The zero-order chi connectivity index (χ0) is 12.3. The molecule has 0 spiro atoms. The predicted octanol–water partition coefficient (Wildman–Crippen LogP) is 1.39. The van der Waals surface area contributed by atoms with Gasteiger partial charge in [-0.15, -0.1) is 0 Å². The van der Waals surface area contributed by atoms with Crippen molar-refractivity contribution >= 4 is 21.0 Å². The quantitative estimate of drug-likeness (QED) is 0.617. The Morgan fingerprint density at radius 1 is 1.19 bits per heavy atom. The molecule has 5 nitrogen and oxygen atoms in total. The number of carbonyl (C=O) groups is 1. The molecule has 0 bridgehead atoms. The summed E-state index contributed by atoms with van der Waals surface area (Å²) in [5.41, 5.74) is -0.279. The summed E-state index contributed by atoms with van der Waals surface area (Å²) in [6.07, 6.45) is 0. The molecule has 0 atom stereocenters. The molecule has 1 aromatic carbocycles. The number of hydrogen-bond donors (Lipinski definition) is 2. The highest BCUT2D eigenvalue weighted by Gasteiger charge is 2.22. The van der Waals surface area contributed by atoms with Gasteiger partial charge in [-0.1, -0.05) is 30.3 Å². The molecule has 0 unspecified atom stereocenters. The molecular formula is C10H10O5S. The monoisotopic (exact) mass is 242 g/mol. The Labute approximate surface area is 92.8 Å². The van der Waals surface area contributed by atoms with E-state index in [1.807, 2.05) is 0 Å². The molecule has 16 heavy (non-hydrogen) atoms. The minimum absolute atomic E-state index is 0.143. The standard InChI is InChI=1S/C10H10O5S/c1-7(10(11)12)9(16(13,14)15)8-5-3-2-4-6-8/h2-6H,1H3,(H,11,12)(H,13,14,15). The summed E-state index contributed by atoms with van der Waals surface area (Å²) in [6.45, 7) is 1.12. The molecule has 2 N–H and O–H groups in total. The largest absolute Gasteiger partial charge is 0.478 e. The third-order valence-corrected chi connectivity index (χ3v) is 3.01. The van der Waals surface area contributed by atoms with Gasteiger partial charge in [-0.05, 0) is 12.5 Å². The van der Waals surface area contributed by atoms with Crippen LogP contribution in [0.5, 0.6) is 0 Å². The van der Waals surface area contributed by atoms with Crippen LogP contribution in [-0.4, -0.2) is 24.0 Å². The Bertz CT molecular complexity index is 528. The van der Waals surface area contributed by atoms with Crippen molar-refractivity contribution in [1.29, 1.82) is 0 Å². The van der Waals surface area contributed by atoms with Crippen molar-refractivity contribution in [1.82, 2.24) is 0 Å². The van der Waals surface area contributed by atoms with Gasteiger partial charge in [-0.2, -0.15) is 8.42 Å². The highest BCUT2D eigenvalue weighted by molar-refractivity contribution is 7.95. The predicted molar refractivity (Wildman–Crippen MR) is 58.2 cm³/mol. The molecule has 6 heteroatoms. The zero-order valence-corrected chi connectivity index (χ0v) is 9.23. The highest BCUT2D eigenvalue weighted by atomic mass is 32.2. The van der Waals surface area contributed by atoms with E-state index < -0.39 is 26.6 Å². The first-order chi connectivity index (χ1) is 7.34. The molecule has 0 heterocycles. The van der Waals surface area contributed by atoms with E-state index >= 15 is 0 Å². The lowest BCUT2D eigenvalue weighted by molar-refractivity contribution is -0.132. The van der Waals surface area contributed by atoms with Crippen molar-refractivity contribution in [3.05, 3.63) is 41.5 Å². The van der Waals surface area contributed by atoms with Gasteiger partial charge in [0.1, 0.15) is 4.91 Å². The second-order valence-corrected chi connectivity index (χ2v) is 4.46. The number of carboxylic acid groups (broad SMARTS) is 1. The molecule has 1 rings (SSSR count). The first kappa shape index (κ1) is 12.4. The van der Waals surface area contributed by atoms with Crippen LogP contribution in [0.2, 0.25) is 0 Å². The summed E-state index contributed by atoms with van der Waals surface area (Å²) in [5.74, 6) is -1.39. The van der Waals surface area contributed by atoms with Gasteiger partial charge < -0.3 is 5.11 Å². The van der Waals surface area contributed by atoms with E-state index in [4.69, 9.17) is 9.66 Å². The maximum atomic E-state index is 11.1. The molecule has 86 valence electrons. The Balaban J connectivity index is 3.53. The van der Waals surface area contributed by atoms with Crippen molar-refractivity contribution in [2.24, 2.45) is 0 Å². The lowest BCUT2D eigenvalue weighted by atomic mass is 10.1. The summed E-state index contributed by atoms with van der Waals surface area (Å²) < 4.78 is 31.2. The molecule has 0 aromatic heterocycles. The molecule has 0 amide bonds. The van der Waals surface area contributed by atoms with Crippen molar-refractivity contribution in [3.63, 3.8) is 0 Å². The van der Waals surface area contributed by atoms with Gasteiger partial charge in [0.15, 0.2) is 0 Å². The van der Waals surface area contributed by atoms with Crippen LogP contribution in [0.1, 0.15) is 12.5 Å². The molecule has 0 radical (unpaired) electrons. The molecule has 0 aliphatic carbocycles. The Hall–Kier alpha value is -1.66. The highest BCUT2D eigenvalue weighted by Crippen LogP contribution is 2.23. The minimum atomic E-state index is -4.56. The van der Waals surface area contributed by atoms with Crippen molar-refractivity contribution in [2.45, 2.75) is 6.92 Å². The average molecular weight is 242 g/mol. The molecule has 1 aromatic rings. The van der Waals surface area contributed by atoms with Crippen LogP contribution in [0.15, 0.2) is 35.9 Å². The zero-order valence-electron chi connectivity index (χ0n) is 8.41. The molecule has 0 aliphatic heterocycles. The van der Waals surface area contributed by atoms with Crippen molar-refractivity contribution in [3.8, 4) is 0 Å². The van der Waals surface area contributed by atoms with Crippen LogP contribution in [-0.2, 0) is 14.9 Å². The van der Waals surface area contributed by atoms with Gasteiger partial charge in [0.2, 0.25) is 0 Å². The lowest BCUT2D eigenvalue weighted by Gasteiger charge is -2.06. The van der Waals surface area contributed by atoms with Gasteiger partial charge in [-0.25, -0.2) is 4.79 Å². The van der Waals surface area contributed by atoms with E-state index in [2.05, 4.69) is 0 Å². The topological polar surface area (TPSA) is 91.7 Å². The molecule has 0 fully saturated rings. The van der Waals surface area contributed by atoms with Gasteiger partial charge in [0, 0.05) is 0 Å². The van der Waals surface area contributed by atoms with Gasteiger partial charge in [-0.3, -0.25) is 4.55 Å². The molecule has 0 saturated heterocycles. The van der Waals surface area contributed by atoms with Crippen LogP contribution in [0.25, 0.3) is 4.91 Å². The van der Waals surface area contributed by atoms with Crippen molar-refractivity contribution < 1.29 is 22.9 Å². The Kier molecular flexibility index (Phi) is 3.46. The fraction of sp³-hybridized carbons (Fsp3) is 0.100. The minimum Gasteiger partial charge on any atom is -0.478 e. The Morgan fingerprint density at radius 2 is 1.69 bits per heavy atom. The smallest absolute Gasteiger partial charge is 0.332 e. The Morgan fingerprint density at radius 3 is 2.06 bits per heavy atom. The molecular weight excluding hydrogens is 232 g/mol. The maximum absolute atomic E-state index is 11.1. The van der Waals surface area contributed by atoms with Crippen LogP contribution >= 0.6 is 0 Å². The number of aliphatic carboxylic acids is 1. The van der Waals surface area contributed by atoms with Crippen molar-refractivity contribution in [2.75, 3.05) is 0 Å². The summed E-state index contributed by atoms with van der Waals surface area (Å²) in [6, 6.07) is 7.58. The average Bonchev–Trinajstić information content (AvgIpc) is 2.17. The van der Waals surface area contributed by atoms with E-state index in [9.17, 15) is 13.2 Å². The van der Waals surface area contributed by atoms with Crippen LogP contribution < -0.4 is 0 Å². The van der Waals surface area contributed by atoms with Gasteiger partial charge in [0.05, 0.1) is 5.57 Å². The third kappa shape index (κ3) is 2.68. The van der Waals surface area contributed by atoms with Crippen LogP contribution in [0.3, 0.4) is 0 Å². The summed E-state index contributed by atoms with van der Waals surface area (Å²) in [4.78, 5) is 10.1. The number of benzene rings is 1. The van der Waals surface area contributed by atoms with Gasteiger partial charge in [0.25, 0.3) is 10.1 Å². The van der Waals surface area contributed by atoms with E-state index in [-0.39, 0.29) is 5.56 Å². The number of rotatable bonds is 3. The fourth-order valence-corrected chi connectivity index (χ4v) is 2.15. The van der Waals surface area contributed by atoms with E-state index in [0.717, 1.165) is 6.92 Å². The van der Waals surface area contributed by atoms with Crippen LogP contribution in [0, 0.1) is 0 Å². The number of carboxylic acids is 1. The first-order valence-corrected chi connectivity index (χ1v) is 5.75. The molecule has 0 aliphatic rings. The number of hydrogen-bond acceptors (Lipinski definition) is 3. The summed E-state index contributed by atoms with van der Waals surface area (Å²) >= 11 is 0. The fourth-order valence-electron chi connectivity index (χ4n) is 1.25. The van der Waals surface area contributed by atoms with E-state index in [1.165, 1.54) is 12.1 Å². The first-order valence-electron chi connectivity index (χ1n) is 4.31. The van der Waals surface area contributed by atoms with Crippen LogP contribution in [0.4, 0.5) is 0 Å². The normalized spacial score (nSPS) is 13.1. The van der Waals surface area contributed by atoms with E-state index in [1.54, 1.807) is 18.2 Å². The summed E-state index contributed by atoms with van der Waals surface area (Å²) in [5, 5.41) is 8.74. The second-order valence-electron chi connectivity index (χ2n) is 3.10. The summed E-state index contributed by atoms with van der Waals surface area (Å²) in [7, 11) is -4.56. The maximum Gasteiger partial charge on any atom is 0.332 e. The lowest BCUT2D eigenvalue weighted by Crippen LogP contribution is -2.08. The second kappa shape index (κ2) is 4.46. The van der Waals surface area contributed by atoms with Gasteiger partial charge >= 0.3 is 5.97 Å². The van der Waals surface area contributed by atoms with E-state index in [0.29, 0.717) is 0 Å².